The van der Waals surface area contributed by atoms with E-state index >= 15 is 0 Å². The lowest BCUT2D eigenvalue weighted by atomic mass is 10.3. The zero-order valence-electron chi connectivity index (χ0n) is 11.0. The first-order valence-electron chi connectivity index (χ1n) is 6.78. The Bertz CT molecular complexity index is 583. The van der Waals surface area contributed by atoms with Gasteiger partial charge in [0.15, 0.2) is 5.82 Å². The molecule has 0 amide bonds. The van der Waals surface area contributed by atoms with Crippen LogP contribution in [0.1, 0.15) is 25.7 Å². The summed E-state index contributed by atoms with van der Waals surface area (Å²) in [4.78, 5) is 4.42. The van der Waals surface area contributed by atoms with E-state index in [4.69, 9.17) is 11.6 Å². The van der Waals surface area contributed by atoms with Crippen LogP contribution in [0.25, 0.3) is 0 Å². The van der Waals surface area contributed by atoms with Crippen molar-refractivity contribution in [3.05, 3.63) is 35.5 Å². The quantitative estimate of drug-likeness (QED) is 0.900. The average Bonchev–Trinajstić information content (AvgIpc) is 2.92. The lowest BCUT2D eigenvalue weighted by molar-refractivity contribution is 0.738. The molecule has 0 atom stereocenters. The summed E-state index contributed by atoms with van der Waals surface area (Å²) in [7, 11) is 0. The fraction of sp³-hybridized carbons (Fsp3) is 0.357. The van der Waals surface area contributed by atoms with Gasteiger partial charge >= 0.3 is 0 Å². The molecule has 5 nitrogen and oxygen atoms in total. The van der Waals surface area contributed by atoms with Crippen LogP contribution in [0.5, 0.6) is 0 Å². The minimum atomic E-state index is 0.471. The van der Waals surface area contributed by atoms with Crippen LogP contribution in [-0.4, -0.2) is 21.2 Å². The van der Waals surface area contributed by atoms with Gasteiger partial charge in [-0.05, 0) is 31.0 Å². The summed E-state index contributed by atoms with van der Waals surface area (Å²) in [6.45, 7) is 0. The SMILES string of the molecule is Clc1cccc(Nc2cnnc(NC3CCCC3)n2)c1. The van der Waals surface area contributed by atoms with Crippen LogP contribution in [0.4, 0.5) is 17.5 Å². The van der Waals surface area contributed by atoms with Crippen molar-refractivity contribution in [2.75, 3.05) is 10.6 Å². The van der Waals surface area contributed by atoms with Gasteiger partial charge < -0.3 is 10.6 Å². The van der Waals surface area contributed by atoms with Crippen molar-refractivity contribution in [1.82, 2.24) is 15.2 Å². The van der Waals surface area contributed by atoms with Crippen molar-refractivity contribution in [3.8, 4) is 0 Å². The Morgan fingerprint density at radius 2 is 2.05 bits per heavy atom. The lowest BCUT2D eigenvalue weighted by Gasteiger charge is -2.12. The van der Waals surface area contributed by atoms with E-state index in [1.165, 1.54) is 25.7 Å². The van der Waals surface area contributed by atoms with Crippen LogP contribution in [-0.2, 0) is 0 Å². The Morgan fingerprint density at radius 1 is 1.20 bits per heavy atom. The van der Waals surface area contributed by atoms with Crippen molar-refractivity contribution in [3.63, 3.8) is 0 Å². The molecule has 0 spiro atoms. The molecule has 0 aliphatic heterocycles. The second kappa shape index (κ2) is 6.05. The zero-order chi connectivity index (χ0) is 13.8. The smallest absolute Gasteiger partial charge is 0.244 e. The number of benzene rings is 1. The van der Waals surface area contributed by atoms with Gasteiger partial charge in [-0.25, -0.2) is 0 Å². The van der Waals surface area contributed by atoms with Gasteiger partial charge in [0.25, 0.3) is 0 Å². The zero-order valence-corrected chi connectivity index (χ0v) is 11.8. The van der Waals surface area contributed by atoms with Gasteiger partial charge in [-0.1, -0.05) is 30.5 Å². The van der Waals surface area contributed by atoms with Crippen molar-refractivity contribution in [1.29, 1.82) is 0 Å². The minimum absolute atomic E-state index is 0.471. The highest BCUT2D eigenvalue weighted by atomic mass is 35.5. The number of hydrogen-bond acceptors (Lipinski definition) is 5. The minimum Gasteiger partial charge on any atom is -0.350 e. The number of hydrogen-bond donors (Lipinski definition) is 2. The average molecular weight is 290 g/mol. The van der Waals surface area contributed by atoms with E-state index in [1.54, 1.807) is 6.20 Å². The van der Waals surface area contributed by atoms with E-state index < -0.39 is 0 Å². The molecule has 1 aliphatic carbocycles. The molecule has 1 fully saturated rings. The number of nitrogens with one attached hydrogen (secondary N) is 2. The molecule has 3 rings (SSSR count). The fourth-order valence-corrected chi connectivity index (χ4v) is 2.58. The van der Waals surface area contributed by atoms with Gasteiger partial charge in [0.2, 0.25) is 5.95 Å². The Hall–Kier alpha value is -1.88. The molecule has 1 heterocycles. The van der Waals surface area contributed by atoms with E-state index in [0.29, 0.717) is 22.8 Å². The highest BCUT2D eigenvalue weighted by molar-refractivity contribution is 6.30. The summed E-state index contributed by atoms with van der Waals surface area (Å²) in [5.41, 5.74) is 0.879. The van der Waals surface area contributed by atoms with Gasteiger partial charge in [-0.2, -0.15) is 10.1 Å². The van der Waals surface area contributed by atoms with Crippen LogP contribution in [0.2, 0.25) is 5.02 Å². The van der Waals surface area contributed by atoms with Crippen molar-refractivity contribution in [2.45, 2.75) is 31.7 Å². The molecule has 0 bridgehead atoms. The number of nitrogens with zero attached hydrogens (tertiary/aromatic N) is 3. The molecule has 1 saturated carbocycles. The molecule has 6 heteroatoms. The third-order valence-corrected chi connectivity index (χ3v) is 3.58. The molecule has 104 valence electrons. The molecular weight excluding hydrogens is 274 g/mol. The first-order chi connectivity index (χ1) is 9.79. The van der Waals surface area contributed by atoms with Gasteiger partial charge in [-0.15, -0.1) is 5.10 Å². The van der Waals surface area contributed by atoms with Gasteiger partial charge in [0.1, 0.15) is 0 Å². The number of aromatic nitrogens is 3. The van der Waals surface area contributed by atoms with Crippen LogP contribution in [0, 0.1) is 0 Å². The predicted molar refractivity (Wildman–Crippen MR) is 80.4 cm³/mol. The molecular formula is C14H16ClN5. The highest BCUT2D eigenvalue weighted by Crippen LogP contribution is 2.22. The van der Waals surface area contributed by atoms with Gasteiger partial charge in [-0.3, -0.25) is 0 Å². The summed E-state index contributed by atoms with van der Waals surface area (Å²) in [6, 6.07) is 7.96. The summed E-state index contributed by atoms with van der Waals surface area (Å²) in [6.07, 6.45) is 6.49. The molecule has 1 aliphatic rings. The van der Waals surface area contributed by atoms with E-state index in [1.807, 2.05) is 24.3 Å². The maximum Gasteiger partial charge on any atom is 0.244 e. The van der Waals surface area contributed by atoms with E-state index in [0.717, 1.165) is 5.69 Å². The molecule has 2 N–H and O–H groups in total. The summed E-state index contributed by atoms with van der Waals surface area (Å²) in [5.74, 6) is 1.23. The highest BCUT2D eigenvalue weighted by Gasteiger charge is 2.15. The fourth-order valence-electron chi connectivity index (χ4n) is 2.39. The van der Waals surface area contributed by atoms with Crippen LogP contribution >= 0.6 is 11.6 Å². The standard InChI is InChI=1S/C14H16ClN5/c15-10-4-3-7-12(8-10)17-13-9-16-20-14(19-13)18-11-5-1-2-6-11/h3-4,7-9,11H,1-2,5-6H2,(H2,17,18,19,20). The van der Waals surface area contributed by atoms with Crippen LogP contribution in [0.15, 0.2) is 30.5 Å². The van der Waals surface area contributed by atoms with Crippen molar-refractivity contribution >= 4 is 29.1 Å². The molecule has 1 aromatic heterocycles. The van der Waals surface area contributed by atoms with Gasteiger partial charge in [0.05, 0.1) is 6.20 Å². The molecule has 20 heavy (non-hydrogen) atoms. The predicted octanol–water partition coefficient (Wildman–Crippen LogP) is 3.62. The number of halogens is 1. The Kier molecular flexibility index (Phi) is 3.97. The largest absolute Gasteiger partial charge is 0.350 e. The molecule has 0 saturated heterocycles. The molecule has 0 radical (unpaired) electrons. The first-order valence-corrected chi connectivity index (χ1v) is 7.16. The van der Waals surface area contributed by atoms with Crippen molar-refractivity contribution in [2.24, 2.45) is 0 Å². The summed E-state index contributed by atoms with van der Waals surface area (Å²) >= 11 is 5.95. The van der Waals surface area contributed by atoms with E-state index in [2.05, 4.69) is 25.8 Å². The Morgan fingerprint density at radius 3 is 2.85 bits per heavy atom. The summed E-state index contributed by atoms with van der Waals surface area (Å²) < 4.78 is 0. The third-order valence-electron chi connectivity index (χ3n) is 3.34. The van der Waals surface area contributed by atoms with Gasteiger partial charge in [0, 0.05) is 16.8 Å². The van der Waals surface area contributed by atoms with Crippen LogP contribution < -0.4 is 10.6 Å². The van der Waals surface area contributed by atoms with Crippen LogP contribution in [0.3, 0.4) is 0 Å². The monoisotopic (exact) mass is 289 g/mol. The van der Waals surface area contributed by atoms with Crippen molar-refractivity contribution < 1.29 is 0 Å². The number of anilines is 3. The third kappa shape index (κ3) is 3.36. The Labute approximate surface area is 122 Å². The molecule has 1 aromatic carbocycles. The second-order valence-electron chi connectivity index (χ2n) is 4.93. The molecule has 2 aromatic rings. The maximum atomic E-state index is 5.95. The molecule has 0 unspecified atom stereocenters. The summed E-state index contributed by atoms with van der Waals surface area (Å²) in [5, 5.41) is 15.2. The Balaban J connectivity index is 1.70. The number of rotatable bonds is 4. The maximum absolute atomic E-state index is 5.95. The first kappa shape index (κ1) is 13.1. The second-order valence-corrected chi connectivity index (χ2v) is 5.36. The normalized spacial score (nSPS) is 15.2. The van der Waals surface area contributed by atoms with E-state index in [9.17, 15) is 0 Å². The van der Waals surface area contributed by atoms with E-state index in [-0.39, 0.29) is 0 Å². The lowest BCUT2D eigenvalue weighted by Crippen LogP contribution is -2.17. The topological polar surface area (TPSA) is 62.7 Å².